The van der Waals surface area contributed by atoms with Gasteiger partial charge in [-0.05, 0) is 24.1 Å². The molecule has 0 unspecified atom stereocenters. The molecule has 5 rings (SSSR count). The summed E-state index contributed by atoms with van der Waals surface area (Å²) in [5.41, 5.74) is 1.93. The van der Waals surface area contributed by atoms with Gasteiger partial charge < -0.3 is 15.0 Å². The number of likely N-dealkylation sites (tertiary alicyclic amines) is 1. The van der Waals surface area contributed by atoms with E-state index in [1.165, 1.54) is 18.7 Å². The first-order valence-electron chi connectivity index (χ1n) is 11.1. The van der Waals surface area contributed by atoms with Gasteiger partial charge in [-0.25, -0.2) is 22.4 Å². The number of hydrogen-bond donors (Lipinski definition) is 1. The molecule has 0 radical (unpaired) electrons. The van der Waals surface area contributed by atoms with E-state index in [0.29, 0.717) is 23.1 Å². The molecule has 14 heteroatoms. The number of methoxy groups -OCH3 is 1. The van der Waals surface area contributed by atoms with Crippen molar-refractivity contribution in [3.8, 4) is 17.0 Å². The lowest BCUT2D eigenvalue weighted by Crippen LogP contribution is -2.38. The maximum Gasteiger partial charge on any atom is 0.286 e. The Kier molecular flexibility index (Phi) is 5.88. The number of ether oxygens (including phenoxy) is 1. The van der Waals surface area contributed by atoms with Gasteiger partial charge in [0.1, 0.15) is 17.1 Å². The number of anilines is 1. The molecule has 1 amide bonds. The molecule has 1 atom stereocenters. The van der Waals surface area contributed by atoms with Crippen molar-refractivity contribution in [1.82, 2.24) is 34.5 Å². The SMILES string of the molecule is COc1nc(N[C@@H]2CN(C(C)=O)CC2(F)F)nn2cc(F)c(-c3ccc4nnn(CCCF)c4c3)c12. The predicted molar refractivity (Wildman–Crippen MR) is 121 cm³/mol. The van der Waals surface area contributed by atoms with Gasteiger partial charge in [-0.2, -0.15) is 4.98 Å². The highest BCUT2D eigenvalue weighted by Gasteiger charge is 2.49. The highest BCUT2D eigenvalue weighted by molar-refractivity contribution is 5.89. The number of benzene rings is 1. The van der Waals surface area contributed by atoms with Crippen molar-refractivity contribution < 1.29 is 27.1 Å². The first-order chi connectivity index (χ1) is 17.2. The molecule has 3 aromatic heterocycles. The molecule has 0 aliphatic carbocycles. The van der Waals surface area contributed by atoms with Gasteiger partial charge in [0.05, 0.1) is 37.6 Å². The van der Waals surface area contributed by atoms with Crippen LogP contribution in [-0.4, -0.2) is 79.2 Å². The molecule has 1 aliphatic heterocycles. The number of carbonyl (C=O) groups is 1. The molecule has 1 saturated heterocycles. The van der Waals surface area contributed by atoms with Crippen molar-refractivity contribution >= 4 is 28.4 Å². The van der Waals surface area contributed by atoms with E-state index in [4.69, 9.17) is 4.74 Å². The van der Waals surface area contributed by atoms with Crippen molar-refractivity contribution in [2.24, 2.45) is 0 Å². The van der Waals surface area contributed by atoms with Crippen LogP contribution in [0.3, 0.4) is 0 Å². The summed E-state index contributed by atoms with van der Waals surface area (Å²) in [4.78, 5) is 16.8. The Hall–Kier alpha value is -3.97. The molecule has 0 saturated carbocycles. The lowest BCUT2D eigenvalue weighted by Gasteiger charge is -2.19. The Morgan fingerprint density at radius 3 is 2.83 bits per heavy atom. The lowest BCUT2D eigenvalue weighted by atomic mass is 10.1. The number of carbonyl (C=O) groups excluding carboxylic acids is 1. The van der Waals surface area contributed by atoms with Crippen LogP contribution in [0.15, 0.2) is 24.4 Å². The van der Waals surface area contributed by atoms with Crippen molar-refractivity contribution in [3.63, 3.8) is 0 Å². The zero-order valence-electron chi connectivity index (χ0n) is 19.4. The fourth-order valence-corrected chi connectivity index (χ4v) is 4.32. The number of alkyl halides is 3. The molecule has 36 heavy (non-hydrogen) atoms. The lowest BCUT2D eigenvalue weighted by molar-refractivity contribution is -0.129. The number of fused-ring (bicyclic) bond motifs is 2. The van der Waals surface area contributed by atoms with E-state index >= 15 is 4.39 Å². The molecule has 0 bridgehead atoms. The standard InChI is InChI=1S/C22H22F4N8O2/c1-12(35)32-10-17(22(25,26)11-32)27-21-28-20(36-2)19-18(14(24)9-34(19)30-21)13-4-5-15-16(8-13)33(31-29-15)7-3-6-23/h4-5,8-9,17H,3,6-7,10-11H2,1-2H3,(H,27,30)/t17-/m1/s1. The minimum absolute atomic E-state index is 0.0414. The Labute approximate surface area is 201 Å². The average Bonchev–Trinajstić information content (AvgIpc) is 3.49. The quantitative estimate of drug-likeness (QED) is 0.385. The summed E-state index contributed by atoms with van der Waals surface area (Å²) in [6, 6.07) is 3.56. The van der Waals surface area contributed by atoms with Crippen molar-refractivity contribution in [3.05, 3.63) is 30.2 Å². The van der Waals surface area contributed by atoms with Crippen LogP contribution in [0.25, 0.3) is 27.7 Å². The van der Waals surface area contributed by atoms with E-state index in [1.54, 1.807) is 18.2 Å². The number of nitrogens with zero attached hydrogens (tertiary/aromatic N) is 7. The summed E-state index contributed by atoms with van der Waals surface area (Å²) in [5, 5.41) is 14.8. The summed E-state index contributed by atoms with van der Waals surface area (Å²) in [7, 11) is 1.32. The maximum atomic E-state index is 15.2. The Bertz CT molecular complexity index is 1450. The van der Waals surface area contributed by atoms with E-state index < -0.39 is 36.9 Å². The second kappa shape index (κ2) is 8.91. The Morgan fingerprint density at radius 2 is 2.14 bits per heavy atom. The number of amides is 1. The van der Waals surface area contributed by atoms with Crippen LogP contribution < -0.4 is 10.1 Å². The summed E-state index contributed by atoms with van der Waals surface area (Å²) in [6.07, 6.45) is 1.35. The maximum absolute atomic E-state index is 15.2. The van der Waals surface area contributed by atoms with Crippen LogP contribution >= 0.6 is 0 Å². The summed E-state index contributed by atoms with van der Waals surface area (Å²) in [5.74, 6) is -4.57. The molecule has 4 aromatic rings. The summed E-state index contributed by atoms with van der Waals surface area (Å²) >= 11 is 0. The topological polar surface area (TPSA) is 102 Å². The van der Waals surface area contributed by atoms with Gasteiger partial charge in [-0.15, -0.1) is 10.2 Å². The van der Waals surface area contributed by atoms with Crippen LogP contribution in [0.4, 0.5) is 23.5 Å². The van der Waals surface area contributed by atoms with Gasteiger partial charge in [0, 0.05) is 20.0 Å². The predicted octanol–water partition coefficient (Wildman–Crippen LogP) is 2.93. The molecule has 0 spiro atoms. The second-order valence-electron chi connectivity index (χ2n) is 8.51. The molecular weight excluding hydrogens is 484 g/mol. The highest BCUT2D eigenvalue weighted by atomic mass is 19.3. The van der Waals surface area contributed by atoms with E-state index in [1.807, 2.05) is 0 Å². The monoisotopic (exact) mass is 506 g/mol. The number of hydrogen-bond acceptors (Lipinski definition) is 7. The van der Waals surface area contributed by atoms with Gasteiger partial charge in [-0.3, -0.25) is 9.18 Å². The van der Waals surface area contributed by atoms with Gasteiger partial charge in [0.2, 0.25) is 17.7 Å². The van der Waals surface area contributed by atoms with E-state index in [0.717, 1.165) is 15.6 Å². The third-order valence-corrected chi connectivity index (χ3v) is 6.12. The van der Waals surface area contributed by atoms with Gasteiger partial charge in [0.15, 0.2) is 5.82 Å². The zero-order valence-corrected chi connectivity index (χ0v) is 19.4. The molecule has 4 heterocycles. The Balaban J connectivity index is 1.54. The van der Waals surface area contributed by atoms with E-state index in [9.17, 15) is 18.0 Å². The first-order valence-corrected chi connectivity index (χ1v) is 11.1. The average molecular weight is 506 g/mol. The van der Waals surface area contributed by atoms with Crippen LogP contribution in [0, 0.1) is 5.82 Å². The van der Waals surface area contributed by atoms with Crippen molar-refractivity contribution in [1.29, 1.82) is 0 Å². The minimum Gasteiger partial charge on any atom is -0.479 e. The number of nitrogens with one attached hydrogen (secondary N) is 1. The first kappa shape index (κ1) is 23.8. The van der Waals surface area contributed by atoms with Crippen LogP contribution in [0.1, 0.15) is 13.3 Å². The number of aromatic nitrogens is 6. The van der Waals surface area contributed by atoms with Crippen molar-refractivity contribution in [2.45, 2.75) is 31.9 Å². The largest absolute Gasteiger partial charge is 0.479 e. The second-order valence-corrected chi connectivity index (χ2v) is 8.51. The molecule has 190 valence electrons. The van der Waals surface area contributed by atoms with Gasteiger partial charge in [-0.1, -0.05) is 11.3 Å². The molecule has 10 nitrogen and oxygen atoms in total. The smallest absolute Gasteiger partial charge is 0.286 e. The summed E-state index contributed by atoms with van der Waals surface area (Å²) < 4.78 is 64.9. The minimum atomic E-state index is -3.21. The number of rotatable bonds is 7. The molecular formula is C22H22F4N8O2. The number of aryl methyl sites for hydroxylation is 1. The molecule has 1 aromatic carbocycles. The summed E-state index contributed by atoms with van der Waals surface area (Å²) in [6.45, 7) is 0.0615. The van der Waals surface area contributed by atoms with Crippen LogP contribution in [0.2, 0.25) is 0 Å². The fourth-order valence-electron chi connectivity index (χ4n) is 4.32. The van der Waals surface area contributed by atoms with Crippen LogP contribution in [0.5, 0.6) is 5.88 Å². The number of halogens is 4. The third-order valence-electron chi connectivity index (χ3n) is 6.12. The molecule has 1 aliphatic rings. The van der Waals surface area contributed by atoms with Crippen LogP contribution in [-0.2, 0) is 11.3 Å². The van der Waals surface area contributed by atoms with E-state index in [-0.39, 0.29) is 35.9 Å². The third kappa shape index (κ3) is 4.05. The zero-order chi connectivity index (χ0) is 25.6. The normalized spacial score (nSPS) is 17.3. The van der Waals surface area contributed by atoms with Gasteiger partial charge >= 0.3 is 0 Å². The molecule has 1 N–H and O–H groups in total. The molecule has 1 fully saturated rings. The van der Waals surface area contributed by atoms with Crippen molar-refractivity contribution in [2.75, 3.05) is 32.2 Å². The van der Waals surface area contributed by atoms with E-state index in [2.05, 4.69) is 25.7 Å². The highest BCUT2D eigenvalue weighted by Crippen LogP contribution is 2.36. The fraction of sp³-hybridized carbons (Fsp3) is 0.409. The van der Waals surface area contributed by atoms with Gasteiger partial charge in [0.25, 0.3) is 5.92 Å². The Morgan fingerprint density at radius 1 is 1.33 bits per heavy atom.